The molecule has 1 aromatic rings. The average Bonchev–Trinajstić information content (AvgIpc) is 3.02. The lowest BCUT2D eigenvalue weighted by Crippen LogP contribution is -2.07. The summed E-state index contributed by atoms with van der Waals surface area (Å²) in [6.07, 6.45) is 0.697. The number of halogens is 1. The van der Waals surface area contributed by atoms with Crippen molar-refractivity contribution in [3.05, 3.63) is 29.6 Å². The van der Waals surface area contributed by atoms with Gasteiger partial charge in [-0.2, -0.15) is 0 Å². The van der Waals surface area contributed by atoms with Crippen molar-refractivity contribution in [3.8, 4) is 5.75 Å². The van der Waals surface area contributed by atoms with Crippen molar-refractivity contribution in [3.63, 3.8) is 0 Å². The van der Waals surface area contributed by atoms with Crippen LogP contribution < -0.4 is 0 Å². The number of hydrogen-bond acceptors (Lipinski definition) is 3. The Balaban J connectivity index is 2.06. The summed E-state index contributed by atoms with van der Waals surface area (Å²) in [4.78, 5) is 11.4. The van der Waals surface area contributed by atoms with Crippen LogP contribution in [0.25, 0.3) is 0 Å². The fraction of sp³-hybridized carbons (Fsp3) is 0.417. The monoisotopic (exact) mass is 224 g/mol. The van der Waals surface area contributed by atoms with E-state index in [1.165, 1.54) is 12.1 Å². The minimum absolute atomic E-state index is 0.0362. The van der Waals surface area contributed by atoms with Crippen molar-refractivity contribution >= 4 is 5.97 Å². The van der Waals surface area contributed by atoms with Crippen LogP contribution in [0.2, 0.25) is 0 Å². The molecule has 2 atom stereocenters. The number of aromatic hydroxyl groups is 1. The third-order valence-electron chi connectivity index (χ3n) is 2.78. The molecule has 16 heavy (non-hydrogen) atoms. The summed E-state index contributed by atoms with van der Waals surface area (Å²) in [6, 6.07) is 4.23. The lowest BCUT2D eigenvalue weighted by Gasteiger charge is -2.02. The van der Waals surface area contributed by atoms with Crippen molar-refractivity contribution in [1.29, 1.82) is 0 Å². The standard InChI is InChI=1S/C12H13FO3/c1-2-16-12(15)9-6-8(9)7-3-4-11(14)10(13)5-7/h3-5,8-9,14H,2,6H2,1H3. The smallest absolute Gasteiger partial charge is 0.309 e. The molecular weight excluding hydrogens is 211 g/mol. The van der Waals surface area contributed by atoms with Crippen molar-refractivity contribution in [2.45, 2.75) is 19.3 Å². The first-order valence-corrected chi connectivity index (χ1v) is 5.28. The van der Waals surface area contributed by atoms with Gasteiger partial charge in [-0.3, -0.25) is 4.79 Å². The Labute approximate surface area is 92.9 Å². The number of benzene rings is 1. The van der Waals surface area contributed by atoms with Gasteiger partial charge in [-0.05, 0) is 37.0 Å². The number of phenols is 1. The molecule has 1 aliphatic rings. The van der Waals surface area contributed by atoms with Crippen LogP contribution in [-0.4, -0.2) is 17.7 Å². The molecule has 0 aliphatic heterocycles. The highest BCUT2D eigenvalue weighted by Gasteiger charge is 2.45. The molecule has 0 saturated heterocycles. The predicted octanol–water partition coefficient (Wildman–Crippen LogP) is 2.20. The van der Waals surface area contributed by atoms with E-state index >= 15 is 0 Å². The molecule has 1 aromatic carbocycles. The molecule has 2 unspecified atom stereocenters. The Bertz CT molecular complexity index is 417. The molecule has 0 heterocycles. The first-order chi connectivity index (χ1) is 7.63. The summed E-state index contributed by atoms with van der Waals surface area (Å²) >= 11 is 0. The summed E-state index contributed by atoms with van der Waals surface area (Å²) in [7, 11) is 0. The van der Waals surface area contributed by atoms with E-state index in [1.54, 1.807) is 13.0 Å². The van der Waals surface area contributed by atoms with Crippen molar-refractivity contribution in [2.24, 2.45) is 5.92 Å². The summed E-state index contributed by atoms with van der Waals surface area (Å²) in [6.45, 7) is 2.13. The Kier molecular flexibility index (Phi) is 2.81. The molecular formula is C12H13FO3. The minimum Gasteiger partial charge on any atom is -0.505 e. The molecule has 3 nitrogen and oxygen atoms in total. The molecule has 4 heteroatoms. The maximum atomic E-state index is 13.1. The van der Waals surface area contributed by atoms with Gasteiger partial charge in [-0.1, -0.05) is 6.07 Å². The normalized spacial score (nSPS) is 22.9. The van der Waals surface area contributed by atoms with Gasteiger partial charge in [-0.25, -0.2) is 4.39 Å². The van der Waals surface area contributed by atoms with Gasteiger partial charge in [0.2, 0.25) is 0 Å². The highest BCUT2D eigenvalue weighted by atomic mass is 19.1. The van der Waals surface area contributed by atoms with E-state index in [1.807, 2.05) is 0 Å². The van der Waals surface area contributed by atoms with Gasteiger partial charge in [0.15, 0.2) is 11.6 Å². The molecule has 0 amide bonds. The Morgan fingerprint density at radius 1 is 1.62 bits per heavy atom. The van der Waals surface area contributed by atoms with Gasteiger partial charge < -0.3 is 9.84 Å². The Hall–Kier alpha value is -1.58. The lowest BCUT2D eigenvalue weighted by molar-refractivity contribution is -0.144. The lowest BCUT2D eigenvalue weighted by atomic mass is 10.1. The molecule has 86 valence electrons. The van der Waals surface area contributed by atoms with Crippen LogP contribution in [0.4, 0.5) is 4.39 Å². The zero-order chi connectivity index (χ0) is 11.7. The van der Waals surface area contributed by atoms with Crippen molar-refractivity contribution in [2.75, 3.05) is 6.61 Å². The molecule has 0 spiro atoms. The molecule has 0 radical (unpaired) electrons. The fourth-order valence-corrected chi connectivity index (χ4v) is 1.83. The first kappa shape index (κ1) is 10.9. The second-order valence-corrected chi connectivity index (χ2v) is 3.91. The number of esters is 1. The largest absolute Gasteiger partial charge is 0.505 e. The zero-order valence-corrected chi connectivity index (χ0v) is 8.94. The number of carbonyl (C=O) groups excluding carboxylic acids is 1. The van der Waals surface area contributed by atoms with Crippen molar-refractivity contribution < 1.29 is 19.0 Å². The maximum Gasteiger partial charge on any atom is 0.309 e. The van der Waals surface area contributed by atoms with Crippen molar-refractivity contribution in [1.82, 2.24) is 0 Å². The van der Waals surface area contributed by atoms with Gasteiger partial charge in [0, 0.05) is 0 Å². The topological polar surface area (TPSA) is 46.5 Å². The number of phenolic OH excluding ortho intramolecular Hbond substituents is 1. The zero-order valence-electron chi connectivity index (χ0n) is 8.94. The first-order valence-electron chi connectivity index (χ1n) is 5.28. The van der Waals surface area contributed by atoms with E-state index in [-0.39, 0.29) is 23.6 Å². The third kappa shape index (κ3) is 2.01. The van der Waals surface area contributed by atoms with Crippen LogP contribution in [0.3, 0.4) is 0 Å². The third-order valence-corrected chi connectivity index (χ3v) is 2.78. The van der Waals surface area contributed by atoms with Crippen LogP contribution >= 0.6 is 0 Å². The van der Waals surface area contributed by atoms with Crippen LogP contribution in [0.1, 0.15) is 24.8 Å². The van der Waals surface area contributed by atoms with Crippen LogP contribution in [0, 0.1) is 11.7 Å². The van der Waals surface area contributed by atoms with Gasteiger partial charge in [0.25, 0.3) is 0 Å². The van der Waals surface area contributed by atoms with Gasteiger partial charge in [0.05, 0.1) is 12.5 Å². The number of carbonyl (C=O) groups is 1. The van der Waals surface area contributed by atoms with E-state index < -0.39 is 5.82 Å². The van der Waals surface area contributed by atoms with E-state index in [0.29, 0.717) is 13.0 Å². The molecule has 0 aromatic heterocycles. The van der Waals surface area contributed by atoms with E-state index in [0.717, 1.165) is 5.56 Å². The molecule has 2 rings (SSSR count). The second kappa shape index (κ2) is 4.12. The maximum absolute atomic E-state index is 13.1. The Morgan fingerprint density at radius 2 is 2.38 bits per heavy atom. The van der Waals surface area contributed by atoms with Gasteiger partial charge in [0.1, 0.15) is 0 Å². The SMILES string of the molecule is CCOC(=O)C1CC1c1ccc(O)c(F)c1. The highest BCUT2D eigenvalue weighted by molar-refractivity contribution is 5.77. The predicted molar refractivity (Wildman–Crippen MR) is 55.5 cm³/mol. The van der Waals surface area contributed by atoms with E-state index in [9.17, 15) is 9.18 Å². The summed E-state index contributed by atoms with van der Waals surface area (Å²) < 4.78 is 18.0. The van der Waals surface area contributed by atoms with Gasteiger partial charge >= 0.3 is 5.97 Å². The number of rotatable bonds is 3. The fourth-order valence-electron chi connectivity index (χ4n) is 1.83. The number of hydrogen-bond donors (Lipinski definition) is 1. The van der Waals surface area contributed by atoms with E-state index in [2.05, 4.69) is 0 Å². The van der Waals surface area contributed by atoms with Crippen LogP contribution in [-0.2, 0) is 9.53 Å². The minimum atomic E-state index is -0.646. The summed E-state index contributed by atoms with van der Waals surface area (Å²) in [5, 5.41) is 9.04. The molecule has 1 N–H and O–H groups in total. The van der Waals surface area contributed by atoms with Crippen LogP contribution in [0.5, 0.6) is 5.75 Å². The van der Waals surface area contributed by atoms with Crippen LogP contribution in [0.15, 0.2) is 18.2 Å². The summed E-state index contributed by atoms with van der Waals surface area (Å²) in [5.74, 6) is -1.34. The highest BCUT2D eigenvalue weighted by Crippen LogP contribution is 2.48. The second-order valence-electron chi connectivity index (χ2n) is 3.91. The van der Waals surface area contributed by atoms with E-state index in [4.69, 9.17) is 9.84 Å². The van der Waals surface area contributed by atoms with Gasteiger partial charge in [-0.15, -0.1) is 0 Å². The average molecular weight is 224 g/mol. The molecule has 1 aliphatic carbocycles. The molecule has 1 saturated carbocycles. The Morgan fingerprint density at radius 3 is 3.00 bits per heavy atom. The molecule has 1 fully saturated rings. The molecule has 0 bridgehead atoms. The summed E-state index contributed by atoms with van der Waals surface area (Å²) in [5.41, 5.74) is 0.744. The number of ether oxygens (including phenoxy) is 1. The quantitative estimate of drug-likeness (QED) is 0.800.